The van der Waals surface area contributed by atoms with Crippen molar-refractivity contribution < 1.29 is 9.72 Å². The molecular formula is C14H11Cl2N3O3. The van der Waals surface area contributed by atoms with Gasteiger partial charge in [-0.05, 0) is 30.3 Å². The molecule has 2 N–H and O–H groups in total. The molecule has 0 aliphatic rings. The smallest absolute Gasteiger partial charge is 0.269 e. The minimum atomic E-state index is -0.504. The van der Waals surface area contributed by atoms with E-state index >= 15 is 0 Å². The van der Waals surface area contributed by atoms with Crippen LogP contribution in [0.15, 0.2) is 42.5 Å². The van der Waals surface area contributed by atoms with Crippen molar-refractivity contribution in [3.8, 4) is 0 Å². The predicted molar refractivity (Wildman–Crippen MR) is 86.7 cm³/mol. The molecule has 8 heteroatoms. The van der Waals surface area contributed by atoms with E-state index in [0.717, 1.165) is 0 Å². The lowest BCUT2D eigenvalue weighted by molar-refractivity contribution is -0.384. The van der Waals surface area contributed by atoms with Crippen LogP contribution in [0.5, 0.6) is 0 Å². The number of hydrogen-bond donors (Lipinski definition) is 2. The number of nitrogens with one attached hydrogen (secondary N) is 2. The van der Waals surface area contributed by atoms with Crippen molar-refractivity contribution in [1.29, 1.82) is 0 Å². The summed E-state index contributed by atoms with van der Waals surface area (Å²) in [6.07, 6.45) is 0. The SMILES string of the molecule is O=C(CNc1ccc(Cl)cc1Cl)Nc1ccc([N+](=O)[O-])cc1. The van der Waals surface area contributed by atoms with Crippen LogP contribution in [-0.4, -0.2) is 17.4 Å². The molecule has 0 aromatic heterocycles. The Labute approximate surface area is 136 Å². The van der Waals surface area contributed by atoms with Crippen LogP contribution >= 0.6 is 23.2 Å². The van der Waals surface area contributed by atoms with Gasteiger partial charge in [-0.3, -0.25) is 14.9 Å². The van der Waals surface area contributed by atoms with E-state index in [2.05, 4.69) is 10.6 Å². The summed E-state index contributed by atoms with van der Waals surface area (Å²) in [5.74, 6) is -0.306. The quantitative estimate of drug-likeness (QED) is 0.637. The van der Waals surface area contributed by atoms with Crippen LogP contribution in [-0.2, 0) is 4.79 Å². The topological polar surface area (TPSA) is 84.3 Å². The van der Waals surface area contributed by atoms with E-state index in [4.69, 9.17) is 23.2 Å². The first kappa shape index (κ1) is 16.1. The molecule has 0 radical (unpaired) electrons. The molecule has 2 rings (SSSR count). The molecule has 1 amide bonds. The maximum absolute atomic E-state index is 11.8. The van der Waals surface area contributed by atoms with Gasteiger partial charge in [-0.2, -0.15) is 0 Å². The van der Waals surface area contributed by atoms with Gasteiger partial charge in [-0.15, -0.1) is 0 Å². The Morgan fingerprint density at radius 2 is 1.82 bits per heavy atom. The number of nitro groups is 1. The van der Waals surface area contributed by atoms with E-state index in [1.54, 1.807) is 18.2 Å². The zero-order valence-corrected chi connectivity index (χ0v) is 12.7. The number of halogens is 2. The Bertz CT molecular complexity index is 705. The Morgan fingerprint density at radius 3 is 2.41 bits per heavy atom. The molecule has 0 saturated heterocycles. The number of hydrogen-bond acceptors (Lipinski definition) is 4. The average Bonchev–Trinajstić information content (AvgIpc) is 2.47. The number of nitrogens with zero attached hydrogens (tertiary/aromatic N) is 1. The van der Waals surface area contributed by atoms with Crippen molar-refractivity contribution in [2.24, 2.45) is 0 Å². The summed E-state index contributed by atoms with van der Waals surface area (Å²) in [5, 5.41) is 16.9. The molecule has 0 aliphatic heterocycles. The molecule has 114 valence electrons. The second-order valence-electron chi connectivity index (χ2n) is 4.33. The first-order valence-corrected chi connectivity index (χ1v) is 6.94. The van der Waals surface area contributed by atoms with Crippen molar-refractivity contribution >= 4 is 46.2 Å². The second kappa shape index (κ2) is 7.11. The van der Waals surface area contributed by atoms with Gasteiger partial charge in [0, 0.05) is 22.8 Å². The molecule has 0 heterocycles. The third-order valence-electron chi connectivity index (χ3n) is 2.73. The van der Waals surface area contributed by atoms with Gasteiger partial charge in [-0.1, -0.05) is 23.2 Å². The third kappa shape index (κ3) is 4.34. The zero-order chi connectivity index (χ0) is 16.1. The van der Waals surface area contributed by atoms with E-state index in [1.807, 2.05) is 0 Å². The van der Waals surface area contributed by atoms with Gasteiger partial charge in [0.25, 0.3) is 5.69 Å². The molecule has 0 aliphatic carbocycles. The third-order valence-corrected chi connectivity index (χ3v) is 3.28. The van der Waals surface area contributed by atoms with E-state index in [0.29, 0.717) is 21.4 Å². The Kier molecular flexibility index (Phi) is 5.19. The summed E-state index contributed by atoms with van der Waals surface area (Å²) in [7, 11) is 0. The number of benzene rings is 2. The lowest BCUT2D eigenvalue weighted by Gasteiger charge is -2.09. The van der Waals surface area contributed by atoms with Gasteiger partial charge >= 0.3 is 0 Å². The van der Waals surface area contributed by atoms with Crippen molar-refractivity contribution in [3.05, 3.63) is 62.6 Å². The molecule has 0 bridgehead atoms. The van der Waals surface area contributed by atoms with Crippen molar-refractivity contribution in [3.63, 3.8) is 0 Å². The van der Waals surface area contributed by atoms with Crippen LogP contribution in [0.3, 0.4) is 0 Å². The number of rotatable bonds is 5. The highest BCUT2D eigenvalue weighted by molar-refractivity contribution is 6.36. The molecule has 2 aromatic rings. The lowest BCUT2D eigenvalue weighted by atomic mass is 10.3. The summed E-state index contributed by atoms with van der Waals surface area (Å²) >= 11 is 11.8. The van der Waals surface area contributed by atoms with E-state index in [-0.39, 0.29) is 18.1 Å². The molecule has 0 spiro atoms. The van der Waals surface area contributed by atoms with E-state index in [9.17, 15) is 14.9 Å². The van der Waals surface area contributed by atoms with Crippen molar-refractivity contribution in [1.82, 2.24) is 0 Å². The molecule has 0 atom stereocenters. The lowest BCUT2D eigenvalue weighted by Crippen LogP contribution is -2.21. The minimum absolute atomic E-state index is 0.00165. The summed E-state index contributed by atoms with van der Waals surface area (Å²) in [6.45, 7) is -0.00165. The first-order chi connectivity index (χ1) is 10.5. The maximum Gasteiger partial charge on any atom is 0.269 e. The van der Waals surface area contributed by atoms with Crippen LogP contribution < -0.4 is 10.6 Å². The fraction of sp³-hybridized carbons (Fsp3) is 0.0714. The fourth-order valence-electron chi connectivity index (χ4n) is 1.68. The first-order valence-electron chi connectivity index (χ1n) is 6.19. The Balaban J connectivity index is 1.91. The molecule has 22 heavy (non-hydrogen) atoms. The highest BCUT2D eigenvalue weighted by Gasteiger charge is 2.07. The minimum Gasteiger partial charge on any atom is -0.375 e. The van der Waals surface area contributed by atoms with Gasteiger partial charge in [0.1, 0.15) is 0 Å². The maximum atomic E-state index is 11.8. The number of amides is 1. The van der Waals surface area contributed by atoms with Crippen LogP contribution in [0.4, 0.5) is 17.1 Å². The molecule has 0 saturated carbocycles. The molecule has 2 aromatic carbocycles. The van der Waals surface area contributed by atoms with Crippen LogP contribution in [0.25, 0.3) is 0 Å². The van der Waals surface area contributed by atoms with Crippen LogP contribution in [0.1, 0.15) is 0 Å². The van der Waals surface area contributed by atoms with Crippen LogP contribution in [0, 0.1) is 10.1 Å². The molecular weight excluding hydrogens is 329 g/mol. The Morgan fingerprint density at radius 1 is 1.14 bits per heavy atom. The number of carbonyl (C=O) groups is 1. The van der Waals surface area contributed by atoms with Crippen LogP contribution in [0.2, 0.25) is 10.0 Å². The number of non-ortho nitro benzene ring substituents is 1. The number of anilines is 2. The van der Waals surface area contributed by atoms with Crippen molar-refractivity contribution in [2.75, 3.05) is 17.2 Å². The Hall–Kier alpha value is -2.31. The standard InChI is InChI=1S/C14H11Cl2N3O3/c15-9-1-6-13(12(16)7-9)17-8-14(20)18-10-2-4-11(5-3-10)19(21)22/h1-7,17H,8H2,(H,18,20). The van der Waals surface area contributed by atoms with Gasteiger partial charge in [0.05, 0.1) is 22.2 Å². The second-order valence-corrected chi connectivity index (χ2v) is 5.17. The van der Waals surface area contributed by atoms with Gasteiger partial charge in [-0.25, -0.2) is 0 Å². The highest BCUT2D eigenvalue weighted by Crippen LogP contribution is 2.25. The summed E-state index contributed by atoms with van der Waals surface area (Å²) < 4.78 is 0. The molecule has 6 nitrogen and oxygen atoms in total. The fourth-order valence-corrected chi connectivity index (χ4v) is 2.16. The molecule has 0 fully saturated rings. The summed E-state index contributed by atoms with van der Waals surface area (Å²) in [5.41, 5.74) is 1.02. The van der Waals surface area contributed by atoms with E-state index < -0.39 is 4.92 Å². The normalized spacial score (nSPS) is 10.1. The monoisotopic (exact) mass is 339 g/mol. The number of carbonyl (C=O) groups excluding carboxylic acids is 1. The predicted octanol–water partition coefficient (Wildman–Crippen LogP) is 3.95. The summed E-state index contributed by atoms with van der Waals surface area (Å²) in [6, 6.07) is 10.5. The van der Waals surface area contributed by atoms with Gasteiger partial charge in [0.15, 0.2) is 0 Å². The van der Waals surface area contributed by atoms with Gasteiger partial charge < -0.3 is 10.6 Å². The summed E-state index contributed by atoms with van der Waals surface area (Å²) in [4.78, 5) is 21.8. The molecule has 0 unspecified atom stereocenters. The largest absolute Gasteiger partial charge is 0.375 e. The van der Waals surface area contributed by atoms with E-state index in [1.165, 1.54) is 24.3 Å². The number of nitro benzene ring substituents is 1. The van der Waals surface area contributed by atoms with Gasteiger partial charge in [0.2, 0.25) is 5.91 Å². The average molecular weight is 340 g/mol. The highest BCUT2D eigenvalue weighted by atomic mass is 35.5. The zero-order valence-electron chi connectivity index (χ0n) is 11.2. The van der Waals surface area contributed by atoms with Crippen molar-refractivity contribution in [2.45, 2.75) is 0 Å².